The van der Waals surface area contributed by atoms with Crippen LogP contribution in [0.2, 0.25) is 10.4 Å². The molecule has 2 aromatic rings. The van der Waals surface area contributed by atoms with Gasteiger partial charge in [-0.05, 0) is 12.1 Å². The predicted molar refractivity (Wildman–Crippen MR) is 112 cm³/mol. The van der Waals surface area contributed by atoms with E-state index in [2.05, 4.69) is 4.98 Å². The number of imide groups is 1. The van der Waals surface area contributed by atoms with Crippen molar-refractivity contribution in [3.8, 4) is 0 Å². The van der Waals surface area contributed by atoms with E-state index in [1.54, 1.807) is 0 Å². The number of hydrogen-bond donors (Lipinski definition) is 2. The van der Waals surface area contributed by atoms with Crippen LogP contribution in [0.3, 0.4) is 0 Å². The molecule has 0 aliphatic carbocycles. The molecular weight excluding hydrogens is 348 g/mol. The van der Waals surface area contributed by atoms with Crippen LogP contribution in [0, 0.1) is 6.92 Å². The van der Waals surface area contributed by atoms with Crippen molar-refractivity contribution >= 4 is 99.7 Å². The monoisotopic (exact) mass is 356 g/mol. The third-order valence-electron chi connectivity index (χ3n) is 4.97. The number of carbonyl (C=O) groups excluding carboxylic acids is 2. The van der Waals surface area contributed by atoms with Crippen LogP contribution in [0.15, 0.2) is 4.79 Å². The van der Waals surface area contributed by atoms with Crippen molar-refractivity contribution in [1.82, 2.24) is 14.9 Å². The minimum atomic E-state index is -2.38. The summed E-state index contributed by atoms with van der Waals surface area (Å²) in [6, 6.07) is -1.69. The van der Waals surface area contributed by atoms with Gasteiger partial charge in [-0.3, -0.25) is 24.3 Å². The fraction of sp³-hybridized carbons (Fsp3) is 0.286. The van der Waals surface area contributed by atoms with Gasteiger partial charge in [0.15, 0.2) is 0 Å². The number of fused-ring (bicyclic) bond motifs is 1. The van der Waals surface area contributed by atoms with E-state index in [0.717, 1.165) is 4.57 Å². The standard InChI is InChI=1S/C14H7B7N4O3/c1-2-23-8-3(7(22)5(16)4(15)6(8)17)11(27)25(2)9-10(26)24-12(28)14(20,21)13(9,18)19/h9H,22H2,1H3,(H,24,26,28). The number of nitrogens with one attached hydrogen (secondary N) is 1. The van der Waals surface area contributed by atoms with Crippen LogP contribution in [0.1, 0.15) is 11.9 Å². The molecule has 1 atom stereocenters. The molecule has 0 spiro atoms. The largest absolute Gasteiger partial charge is 0.399 e. The van der Waals surface area contributed by atoms with Crippen LogP contribution in [0.4, 0.5) is 5.69 Å². The zero-order chi connectivity index (χ0) is 21.3. The quantitative estimate of drug-likeness (QED) is 0.302. The van der Waals surface area contributed by atoms with Crippen LogP contribution in [-0.4, -0.2) is 76.3 Å². The van der Waals surface area contributed by atoms with Crippen molar-refractivity contribution in [2.75, 3.05) is 5.73 Å². The summed E-state index contributed by atoms with van der Waals surface area (Å²) in [5.74, 6) is -2.12. The number of hydrogen-bond acceptors (Lipinski definition) is 5. The van der Waals surface area contributed by atoms with Gasteiger partial charge in [-0.1, -0.05) is 16.1 Å². The zero-order valence-electron chi connectivity index (χ0n) is 14.8. The molecule has 0 bridgehead atoms. The van der Waals surface area contributed by atoms with E-state index in [0.29, 0.717) is 0 Å². The third kappa shape index (κ3) is 2.46. The minimum Gasteiger partial charge on any atom is -0.399 e. The highest BCUT2D eigenvalue weighted by atomic mass is 16.2. The molecule has 2 heterocycles. The van der Waals surface area contributed by atoms with Gasteiger partial charge >= 0.3 is 0 Å². The van der Waals surface area contributed by atoms with Crippen molar-refractivity contribution < 1.29 is 9.59 Å². The molecule has 14 heteroatoms. The van der Waals surface area contributed by atoms with Crippen LogP contribution in [-0.2, 0) is 9.59 Å². The lowest BCUT2D eigenvalue weighted by molar-refractivity contribution is -0.137. The lowest BCUT2D eigenvalue weighted by Gasteiger charge is -2.51. The number of nitrogens with two attached hydrogens (primary N) is 1. The van der Waals surface area contributed by atoms with E-state index in [-0.39, 0.29) is 38.8 Å². The smallest absolute Gasteiger partial charge is 0.264 e. The van der Waals surface area contributed by atoms with Gasteiger partial charge in [0.1, 0.15) is 35.4 Å². The number of amides is 2. The maximum Gasteiger partial charge on any atom is 0.264 e. The highest BCUT2D eigenvalue weighted by Gasteiger charge is 2.54. The van der Waals surface area contributed by atoms with Gasteiger partial charge in [0.25, 0.3) is 5.56 Å². The number of aryl methyl sites for hydroxylation is 1. The molecule has 0 saturated carbocycles. The summed E-state index contributed by atoms with van der Waals surface area (Å²) in [5.41, 5.74) is 4.67. The van der Waals surface area contributed by atoms with E-state index < -0.39 is 33.8 Å². The van der Waals surface area contributed by atoms with Crippen molar-refractivity contribution in [3.05, 3.63) is 16.2 Å². The molecule has 7 nitrogen and oxygen atoms in total. The Hall–Kier alpha value is -2.25. The van der Waals surface area contributed by atoms with Gasteiger partial charge in [-0.15, -0.1) is 5.46 Å². The summed E-state index contributed by atoms with van der Waals surface area (Å²) in [6.45, 7) is 1.39. The number of nitrogens with zero attached hydrogens (tertiary/aromatic N) is 2. The maximum atomic E-state index is 13.2. The number of benzene rings is 1. The fourth-order valence-corrected chi connectivity index (χ4v) is 3.19. The van der Waals surface area contributed by atoms with E-state index in [4.69, 9.17) is 60.7 Å². The van der Waals surface area contributed by atoms with Crippen molar-refractivity contribution in [1.29, 1.82) is 0 Å². The van der Waals surface area contributed by atoms with Crippen molar-refractivity contribution in [3.63, 3.8) is 0 Å². The Morgan fingerprint density at radius 2 is 1.61 bits per heavy atom. The van der Waals surface area contributed by atoms with E-state index in [1.807, 2.05) is 5.32 Å². The number of aromatic nitrogens is 2. The lowest BCUT2D eigenvalue weighted by Crippen LogP contribution is -2.61. The lowest BCUT2D eigenvalue weighted by atomic mass is 9.26. The minimum absolute atomic E-state index is 0.0124. The van der Waals surface area contributed by atoms with Crippen LogP contribution >= 0.6 is 0 Å². The second kappa shape index (κ2) is 6.13. The van der Waals surface area contributed by atoms with Gasteiger partial charge in [0, 0.05) is 5.69 Å². The first kappa shape index (κ1) is 20.5. The van der Waals surface area contributed by atoms with Gasteiger partial charge in [-0.25, -0.2) is 4.98 Å². The van der Waals surface area contributed by atoms with Crippen LogP contribution in [0.5, 0.6) is 0 Å². The van der Waals surface area contributed by atoms with Crippen molar-refractivity contribution in [2.24, 2.45) is 0 Å². The number of nitrogen functional groups attached to an aromatic ring is 1. The van der Waals surface area contributed by atoms with E-state index >= 15 is 0 Å². The summed E-state index contributed by atoms with van der Waals surface area (Å²) in [7, 11) is 41.0. The molecule has 1 aliphatic rings. The Balaban J connectivity index is 2.44. The Morgan fingerprint density at radius 1 is 1.04 bits per heavy atom. The maximum absolute atomic E-state index is 13.2. The number of carbonyl (C=O) groups is 2. The molecule has 3 N–H and O–H groups in total. The SMILES string of the molecule is [B]c1c([B])c(N)c2c(=O)n(C3C(=O)NC(=O)C([B])([B])C3([B])[B])c(C)nc2c1[B]. The normalized spacial score (nSPS) is 20.8. The summed E-state index contributed by atoms with van der Waals surface area (Å²) >= 11 is 0. The molecule has 1 aliphatic heterocycles. The fourth-order valence-electron chi connectivity index (χ4n) is 3.19. The molecule has 28 heavy (non-hydrogen) atoms. The number of piperidine rings is 1. The zero-order valence-corrected chi connectivity index (χ0v) is 14.8. The molecule has 3 rings (SSSR count). The molecule has 122 valence electrons. The van der Waals surface area contributed by atoms with Crippen LogP contribution in [0.25, 0.3) is 10.9 Å². The first-order chi connectivity index (χ1) is 12.7. The number of anilines is 1. The molecule has 1 aromatic carbocycles. The summed E-state index contributed by atoms with van der Waals surface area (Å²) in [4.78, 5) is 42.0. The third-order valence-corrected chi connectivity index (χ3v) is 4.97. The van der Waals surface area contributed by atoms with Gasteiger partial charge in [0.05, 0.1) is 42.3 Å². The number of rotatable bonds is 1. The molecule has 2 amide bonds. The molecule has 14 radical (unpaired) electrons. The molecular formula is C14H7B7N4O3. The predicted octanol–water partition coefficient (Wildman–Crippen LogP) is -5.23. The molecule has 1 unspecified atom stereocenters. The summed E-state index contributed by atoms with van der Waals surface area (Å²) in [5, 5.41) is -2.98. The first-order valence-electron chi connectivity index (χ1n) is 7.90. The molecule has 1 aromatic heterocycles. The van der Waals surface area contributed by atoms with Crippen LogP contribution < -0.4 is 33.0 Å². The Labute approximate surface area is 169 Å². The summed E-state index contributed by atoms with van der Waals surface area (Å²) < 4.78 is 0.837. The molecule has 1 fully saturated rings. The second-order valence-electron chi connectivity index (χ2n) is 6.74. The Kier molecular flexibility index (Phi) is 4.48. The van der Waals surface area contributed by atoms with Gasteiger partial charge in [-0.2, -0.15) is 0 Å². The molecule has 1 saturated heterocycles. The second-order valence-corrected chi connectivity index (χ2v) is 6.74. The van der Waals surface area contributed by atoms with E-state index in [1.165, 1.54) is 6.92 Å². The Morgan fingerprint density at radius 3 is 2.18 bits per heavy atom. The van der Waals surface area contributed by atoms with E-state index in [9.17, 15) is 14.4 Å². The highest BCUT2D eigenvalue weighted by molar-refractivity contribution is 6.63. The average molecular weight is 355 g/mol. The summed E-state index contributed by atoms with van der Waals surface area (Å²) in [6.07, 6.45) is 0. The first-order valence-corrected chi connectivity index (χ1v) is 7.90. The Bertz CT molecular complexity index is 1130. The average Bonchev–Trinajstić information content (AvgIpc) is 2.59. The topological polar surface area (TPSA) is 107 Å². The van der Waals surface area contributed by atoms with Gasteiger partial charge < -0.3 is 5.73 Å². The van der Waals surface area contributed by atoms with Crippen molar-refractivity contribution in [2.45, 2.75) is 23.4 Å². The highest BCUT2D eigenvalue weighted by Crippen LogP contribution is 2.52. The van der Waals surface area contributed by atoms with Gasteiger partial charge in [0.2, 0.25) is 11.8 Å².